The molecule has 2 N–H and O–H groups in total. The highest BCUT2D eigenvalue weighted by Gasteiger charge is 2.22. The van der Waals surface area contributed by atoms with Crippen molar-refractivity contribution < 1.29 is 27.1 Å². The van der Waals surface area contributed by atoms with Gasteiger partial charge >= 0.3 is 12.0 Å². The number of anilines is 1. The SMILES string of the molecule is Cc1nc(NC(=O)NCC(C)C(=O)OC(C)(C)C)sc1-c1cccc(S(=O)(=O)CF)c1. The molecule has 170 valence electrons. The maximum Gasteiger partial charge on any atom is 0.321 e. The molecule has 0 aliphatic rings. The second-order valence-electron chi connectivity index (χ2n) is 7.95. The number of thiazole rings is 1. The van der Waals surface area contributed by atoms with Crippen LogP contribution in [0.15, 0.2) is 29.2 Å². The van der Waals surface area contributed by atoms with Crippen LogP contribution >= 0.6 is 11.3 Å². The molecule has 1 aromatic carbocycles. The van der Waals surface area contributed by atoms with Crippen molar-refractivity contribution in [2.75, 3.05) is 17.9 Å². The summed E-state index contributed by atoms with van der Waals surface area (Å²) in [6, 6.07) is 3.89. The van der Waals surface area contributed by atoms with Crippen molar-refractivity contribution in [2.24, 2.45) is 5.92 Å². The molecule has 2 amide bonds. The number of amides is 2. The van der Waals surface area contributed by atoms with Crippen molar-refractivity contribution in [1.29, 1.82) is 0 Å². The number of aromatic nitrogens is 1. The van der Waals surface area contributed by atoms with E-state index in [4.69, 9.17) is 4.74 Å². The van der Waals surface area contributed by atoms with Crippen LogP contribution in [0.5, 0.6) is 0 Å². The normalized spacial score (nSPS) is 12.8. The van der Waals surface area contributed by atoms with Crippen LogP contribution in [0.25, 0.3) is 10.4 Å². The van der Waals surface area contributed by atoms with Crippen molar-refractivity contribution in [3.63, 3.8) is 0 Å². The zero-order valence-corrected chi connectivity index (χ0v) is 19.6. The highest BCUT2D eigenvalue weighted by molar-refractivity contribution is 7.91. The van der Waals surface area contributed by atoms with Gasteiger partial charge in [0.15, 0.2) is 11.1 Å². The molecule has 1 atom stereocenters. The third kappa shape index (κ3) is 7.00. The Kier molecular flexibility index (Phi) is 7.77. The zero-order valence-electron chi connectivity index (χ0n) is 18.0. The minimum Gasteiger partial charge on any atom is -0.460 e. The molecule has 1 aromatic heterocycles. The Morgan fingerprint density at radius 1 is 1.29 bits per heavy atom. The largest absolute Gasteiger partial charge is 0.460 e. The molecule has 0 saturated carbocycles. The number of halogens is 1. The summed E-state index contributed by atoms with van der Waals surface area (Å²) in [5.74, 6) is -0.943. The lowest BCUT2D eigenvalue weighted by molar-refractivity contribution is -0.159. The summed E-state index contributed by atoms with van der Waals surface area (Å²) in [5.41, 5.74) is 0.525. The first kappa shape index (κ1) is 24.7. The number of nitrogens with zero attached hydrogens (tertiary/aromatic N) is 1. The van der Waals surface area contributed by atoms with E-state index in [1.807, 2.05) is 0 Å². The summed E-state index contributed by atoms with van der Waals surface area (Å²) in [6.07, 6.45) is 0. The highest BCUT2D eigenvalue weighted by Crippen LogP contribution is 2.33. The van der Waals surface area contributed by atoms with Crippen molar-refractivity contribution in [3.05, 3.63) is 30.0 Å². The first-order valence-corrected chi connectivity index (χ1v) is 11.9. The number of rotatable bonds is 7. The van der Waals surface area contributed by atoms with Gasteiger partial charge in [-0.3, -0.25) is 10.1 Å². The van der Waals surface area contributed by atoms with Crippen LogP contribution in [-0.4, -0.2) is 43.6 Å². The summed E-state index contributed by atoms with van der Waals surface area (Å²) in [6.45, 7) is 8.75. The fraction of sp³-hybridized carbons (Fsp3) is 0.450. The topological polar surface area (TPSA) is 114 Å². The van der Waals surface area contributed by atoms with Crippen LogP contribution in [0.4, 0.5) is 14.3 Å². The van der Waals surface area contributed by atoms with Crippen LogP contribution in [0.3, 0.4) is 0 Å². The lowest BCUT2D eigenvalue weighted by Crippen LogP contribution is -2.37. The lowest BCUT2D eigenvalue weighted by atomic mass is 10.1. The number of nitrogens with one attached hydrogen (secondary N) is 2. The van der Waals surface area contributed by atoms with Crippen LogP contribution in [-0.2, 0) is 19.4 Å². The third-order valence-electron chi connectivity index (χ3n) is 3.99. The molecule has 0 saturated heterocycles. The smallest absolute Gasteiger partial charge is 0.321 e. The minimum atomic E-state index is -3.99. The number of carbonyl (C=O) groups is 2. The lowest BCUT2D eigenvalue weighted by Gasteiger charge is -2.22. The van der Waals surface area contributed by atoms with Gasteiger partial charge in [-0.1, -0.05) is 30.4 Å². The quantitative estimate of drug-likeness (QED) is 0.592. The van der Waals surface area contributed by atoms with Gasteiger partial charge in [-0.15, -0.1) is 0 Å². The number of urea groups is 1. The number of carbonyl (C=O) groups excluding carboxylic acids is 2. The number of ether oxygens (including phenoxy) is 1. The Morgan fingerprint density at radius 2 is 1.97 bits per heavy atom. The van der Waals surface area contributed by atoms with E-state index in [0.29, 0.717) is 21.3 Å². The average Bonchev–Trinajstić information content (AvgIpc) is 3.04. The Bertz CT molecular complexity index is 1060. The van der Waals surface area contributed by atoms with Gasteiger partial charge in [0.25, 0.3) is 0 Å². The number of esters is 1. The molecule has 31 heavy (non-hydrogen) atoms. The summed E-state index contributed by atoms with van der Waals surface area (Å²) >= 11 is 1.15. The van der Waals surface area contributed by atoms with Gasteiger partial charge in [0.2, 0.25) is 9.84 Å². The zero-order chi connectivity index (χ0) is 23.4. The Morgan fingerprint density at radius 3 is 2.58 bits per heavy atom. The standard InChI is InChI=1S/C20H26FN3O5S2/c1-12(17(25)29-20(3,4)5)10-22-18(26)24-19-23-13(2)16(30-19)14-7-6-8-15(9-14)31(27,28)11-21/h6-9,12H,10-11H2,1-5H3,(H2,22,23,24,26). The van der Waals surface area contributed by atoms with Gasteiger partial charge in [0.05, 0.1) is 21.4 Å². The monoisotopic (exact) mass is 471 g/mol. The Labute approximate surface area is 185 Å². The maximum absolute atomic E-state index is 12.8. The fourth-order valence-corrected chi connectivity index (χ4v) is 4.16. The van der Waals surface area contributed by atoms with E-state index in [1.54, 1.807) is 40.7 Å². The van der Waals surface area contributed by atoms with Crippen LogP contribution < -0.4 is 10.6 Å². The molecule has 0 spiro atoms. The molecule has 8 nitrogen and oxygen atoms in total. The van der Waals surface area contributed by atoms with Gasteiger partial charge in [-0.2, -0.15) is 0 Å². The molecule has 2 aromatic rings. The molecule has 2 rings (SSSR count). The first-order chi connectivity index (χ1) is 14.3. The number of hydrogen-bond acceptors (Lipinski definition) is 7. The van der Waals surface area contributed by atoms with Crippen LogP contribution in [0.2, 0.25) is 0 Å². The Balaban J connectivity index is 2.04. The summed E-state index contributed by atoms with van der Waals surface area (Å²) in [5, 5.41) is 5.50. The van der Waals surface area contributed by atoms with Gasteiger partial charge in [-0.05, 0) is 45.4 Å². The van der Waals surface area contributed by atoms with E-state index in [-0.39, 0.29) is 11.4 Å². The molecular weight excluding hydrogens is 445 g/mol. The number of sulfone groups is 1. The molecule has 0 aliphatic carbocycles. The maximum atomic E-state index is 12.8. The number of alkyl halides is 1. The number of aryl methyl sites for hydroxylation is 1. The molecular formula is C20H26FN3O5S2. The van der Waals surface area contributed by atoms with E-state index < -0.39 is 39.4 Å². The molecule has 0 bridgehead atoms. The van der Waals surface area contributed by atoms with E-state index in [0.717, 1.165) is 11.3 Å². The molecule has 0 fully saturated rings. The second kappa shape index (κ2) is 9.73. The molecule has 0 radical (unpaired) electrons. The fourth-order valence-electron chi connectivity index (χ4n) is 2.48. The van der Waals surface area contributed by atoms with E-state index in [9.17, 15) is 22.4 Å². The average molecular weight is 472 g/mol. The van der Waals surface area contributed by atoms with Crippen molar-refractivity contribution in [3.8, 4) is 10.4 Å². The molecule has 1 unspecified atom stereocenters. The predicted octanol–water partition coefficient (Wildman–Crippen LogP) is 3.92. The summed E-state index contributed by atoms with van der Waals surface area (Å²) < 4.78 is 41.6. The van der Waals surface area contributed by atoms with Gasteiger partial charge in [0.1, 0.15) is 5.60 Å². The van der Waals surface area contributed by atoms with Crippen LogP contribution in [0.1, 0.15) is 33.4 Å². The molecule has 0 aliphatic heterocycles. The summed E-state index contributed by atoms with van der Waals surface area (Å²) in [7, 11) is -3.99. The second-order valence-corrected chi connectivity index (χ2v) is 10.9. The third-order valence-corrected chi connectivity index (χ3v) is 6.38. The van der Waals surface area contributed by atoms with Crippen molar-refractivity contribution >= 4 is 38.3 Å². The molecule has 11 heteroatoms. The number of hydrogen-bond donors (Lipinski definition) is 2. The Hall–Kier alpha value is -2.53. The minimum absolute atomic E-state index is 0.0844. The van der Waals surface area contributed by atoms with Crippen molar-refractivity contribution in [2.45, 2.75) is 45.1 Å². The van der Waals surface area contributed by atoms with Crippen LogP contribution in [0, 0.1) is 12.8 Å². The predicted molar refractivity (Wildman–Crippen MR) is 117 cm³/mol. The molecule has 1 heterocycles. The van der Waals surface area contributed by atoms with E-state index >= 15 is 0 Å². The van der Waals surface area contributed by atoms with Gasteiger partial charge in [-0.25, -0.2) is 22.6 Å². The van der Waals surface area contributed by atoms with Crippen molar-refractivity contribution in [1.82, 2.24) is 10.3 Å². The van der Waals surface area contributed by atoms with E-state index in [2.05, 4.69) is 15.6 Å². The van der Waals surface area contributed by atoms with Gasteiger partial charge < -0.3 is 10.1 Å². The van der Waals surface area contributed by atoms with E-state index in [1.165, 1.54) is 18.2 Å². The highest BCUT2D eigenvalue weighted by atomic mass is 32.2. The van der Waals surface area contributed by atoms with Gasteiger partial charge in [0, 0.05) is 6.54 Å². The first-order valence-electron chi connectivity index (χ1n) is 9.46. The summed E-state index contributed by atoms with van der Waals surface area (Å²) in [4.78, 5) is 29.0. The number of benzene rings is 1.